The van der Waals surface area contributed by atoms with Gasteiger partial charge >= 0.3 is 0 Å². The fraction of sp³-hybridized carbons (Fsp3) is 0.636. The van der Waals surface area contributed by atoms with E-state index in [2.05, 4.69) is 25.0 Å². The van der Waals surface area contributed by atoms with E-state index in [4.69, 9.17) is 10.00 Å². The van der Waals surface area contributed by atoms with Gasteiger partial charge in [-0.2, -0.15) is 10.4 Å². The molecular weight excluding hydrogens is 190 g/mol. The molecule has 0 atom stereocenters. The Morgan fingerprint density at radius 1 is 1.60 bits per heavy atom. The summed E-state index contributed by atoms with van der Waals surface area (Å²) in [7, 11) is 0. The summed E-state index contributed by atoms with van der Waals surface area (Å²) in [4.78, 5) is 0. The van der Waals surface area contributed by atoms with Crippen LogP contribution in [0.4, 0.5) is 0 Å². The van der Waals surface area contributed by atoms with Crippen molar-refractivity contribution < 1.29 is 4.74 Å². The maximum absolute atomic E-state index is 9.11. The van der Waals surface area contributed by atoms with E-state index in [9.17, 15) is 0 Å². The summed E-state index contributed by atoms with van der Waals surface area (Å²) < 4.78 is 7.18. The van der Waals surface area contributed by atoms with Crippen molar-refractivity contribution in [3.8, 4) is 6.07 Å². The number of aromatic nitrogens is 2. The van der Waals surface area contributed by atoms with Gasteiger partial charge in [-0.3, -0.25) is 4.68 Å². The monoisotopic (exact) mass is 205 g/mol. The summed E-state index contributed by atoms with van der Waals surface area (Å²) in [6.45, 7) is 6.30. The highest BCUT2D eigenvalue weighted by atomic mass is 16.5. The first kappa shape index (κ1) is 10.2. The Kier molecular flexibility index (Phi) is 2.74. The van der Waals surface area contributed by atoms with Crippen molar-refractivity contribution in [2.45, 2.75) is 33.4 Å². The maximum atomic E-state index is 9.11. The molecule has 1 aromatic rings. The molecule has 1 aromatic heterocycles. The van der Waals surface area contributed by atoms with Gasteiger partial charge in [0.05, 0.1) is 18.9 Å². The zero-order valence-corrected chi connectivity index (χ0v) is 9.16. The van der Waals surface area contributed by atoms with Crippen LogP contribution < -0.4 is 0 Å². The number of hydrogen-bond acceptors (Lipinski definition) is 3. The van der Waals surface area contributed by atoms with Crippen molar-refractivity contribution in [3.05, 3.63) is 17.0 Å². The van der Waals surface area contributed by atoms with E-state index in [0.29, 0.717) is 18.2 Å². The first-order valence-electron chi connectivity index (χ1n) is 5.28. The van der Waals surface area contributed by atoms with Crippen LogP contribution in [-0.2, 0) is 24.3 Å². The average molecular weight is 205 g/mol. The molecule has 0 amide bonds. The molecule has 4 nitrogen and oxygen atoms in total. The topological polar surface area (TPSA) is 50.8 Å². The molecule has 80 valence electrons. The molecule has 0 aliphatic carbocycles. The third-order valence-corrected chi connectivity index (χ3v) is 2.51. The zero-order valence-electron chi connectivity index (χ0n) is 9.16. The molecule has 0 radical (unpaired) electrons. The molecule has 4 heteroatoms. The summed E-state index contributed by atoms with van der Waals surface area (Å²) in [6.07, 6.45) is 0.828. The number of ether oxygens (including phenoxy) is 1. The van der Waals surface area contributed by atoms with Gasteiger partial charge in [-0.05, 0) is 5.92 Å². The lowest BCUT2D eigenvalue weighted by Crippen LogP contribution is -2.09. The third-order valence-electron chi connectivity index (χ3n) is 2.51. The van der Waals surface area contributed by atoms with E-state index in [1.165, 1.54) is 0 Å². The van der Waals surface area contributed by atoms with Gasteiger partial charge in [0.15, 0.2) is 0 Å². The predicted octanol–water partition coefficient (Wildman–Crippen LogP) is 1.48. The van der Waals surface area contributed by atoms with Crippen molar-refractivity contribution in [1.29, 1.82) is 5.26 Å². The van der Waals surface area contributed by atoms with Gasteiger partial charge in [0.1, 0.15) is 11.8 Å². The van der Waals surface area contributed by atoms with Gasteiger partial charge in [0.25, 0.3) is 0 Å². The number of hydrogen-bond donors (Lipinski definition) is 0. The van der Waals surface area contributed by atoms with Gasteiger partial charge in [-0.1, -0.05) is 13.8 Å². The normalized spacial score (nSPS) is 15.1. The van der Waals surface area contributed by atoms with E-state index in [-0.39, 0.29) is 0 Å². The van der Waals surface area contributed by atoms with E-state index >= 15 is 0 Å². The van der Waals surface area contributed by atoms with Crippen molar-refractivity contribution in [3.63, 3.8) is 0 Å². The van der Waals surface area contributed by atoms with Crippen LogP contribution in [0.25, 0.3) is 0 Å². The third kappa shape index (κ3) is 1.88. The Bertz CT molecular complexity index is 401. The molecule has 2 rings (SSSR count). The quantitative estimate of drug-likeness (QED) is 0.734. The van der Waals surface area contributed by atoms with Crippen molar-refractivity contribution >= 4 is 0 Å². The summed E-state index contributed by atoms with van der Waals surface area (Å²) in [6, 6.07) is 2.23. The number of fused-ring (bicyclic) bond motifs is 1. The lowest BCUT2D eigenvalue weighted by Gasteiger charge is -2.09. The van der Waals surface area contributed by atoms with Crippen LogP contribution in [0.3, 0.4) is 0 Å². The summed E-state index contributed by atoms with van der Waals surface area (Å²) >= 11 is 0. The first-order valence-corrected chi connectivity index (χ1v) is 5.28. The molecule has 2 heterocycles. The van der Waals surface area contributed by atoms with Crippen LogP contribution in [0.15, 0.2) is 0 Å². The van der Waals surface area contributed by atoms with E-state index in [0.717, 1.165) is 30.8 Å². The minimum Gasteiger partial charge on any atom is -0.376 e. The highest BCUT2D eigenvalue weighted by Gasteiger charge is 2.20. The lowest BCUT2D eigenvalue weighted by atomic mass is 10.1. The Morgan fingerprint density at radius 2 is 2.40 bits per heavy atom. The highest BCUT2D eigenvalue weighted by molar-refractivity contribution is 5.36. The Balaban J connectivity index is 2.38. The number of nitriles is 1. The fourth-order valence-corrected chi connectivity index (χ4v) is 1.85. The van der Waals surface area contributed by atoms with E-state index in [1.807, 2.05) is 4.68 Å². The molecule has 0 saturated heterocycles. The first-order chi connectivity index (χ1) is 7.22. The minimum absolute atomic E-state index is 0.499. The Hall–Kier alpha value is -1.34. The maximum Gasteiger partial charge on any atom is 0.144 e. The van der Waals surface area contributed by atoms with Crippen molar-refractivity contribution in [2.75, 3.05) is 6.61 Å². The van der Waals surface area contributed by atoms with Crippen LogP contribution in [0.1, 0.15) is 30.8 Å². The highest BCUT2D eigenvalue weighted by Crippen LogP contribution is 2.20. The molecule has 15 heavy (non-hydrogen) atoms. The minimum atomic E-state index is 0.499. The van der Waals surface area contributed by atoms with Crippen LogP contribution in [-0.4, -0.2) is 16.4 Å². The molecule has 0 fully saturated rings. The van der Waals surface area contributed by atoms with E-state index < -0.39 is 0 Å². The largest absolute Gasteiger partial charge is 0.376 e. The molecule has 0 N–H and O–H groups in total. The van der Waals surface area contributed by atoms with E-state index in [1.54, 1.807) is 0 Å². The second-order valence-electron chi connectivity index (χ2n) is 4.26. The SMILES string of the molecule is CC(C)Cn1nc2c(c1C#N)COCC2. The molecule has 0 spiro atoms. The average Bonchev–Trinajstić information content (AvgIpc) is 2.53. The van der Waals surface area contributed by atoms with Crippen LogP contribution in [0.2, 0.25) is 0 Å². The second-order valence-corrected chi connectivity index (χ2v) is 4.26. The Morgan fingerprint density at radius 3 is 3.07 bits per heavy atom. The predicted molar refractivity (Wildman–Crippen MR) is 55.1 cm³/mol. The number of nitrogens with zero attached hydrogens (tertiary/aromatic N) is 3. The van der Waals surface area contributed by atoms with Gasteiger partial charge in [0, 0.05) is 18.5 Å². The zero-order chi connectivity index (χ0) is 10.8. The van der Waals surface area contributed by atoms with Gasteiger partial charge in [-0.15, -0.1) is 0 Å². The van der Waals surface area contributed by atoms with Crippen LogP contribution >= 0.6 is 0 Å². The van der Waals surface area contributed by atoms with Gasteiger partial charge < -0.3 is 4.74 Å². The Labute approximate surface area is 89.5 Å². The van der Waals surface area contributed by atoms with Gasteiger partial charge in [-0.25, -0.2) is 0 Å². The smallest absolute Gasteiger partial charge is 0.144 e. The lowest BCUT2D eigenvalue weighted by molar-refractivity contribution is 0.110. The summed E-state index contributed by atoms with van der Waals surface area (Å²) in [5.74, 6) is 0.499. The fourth-order valence-electron chi connectivity index (χ4n) is 1.85. The van der Waals surface area contributed by atoms with Crippen molar-refractivity contribution in [2.24, 2.45) is 5.92 Å². The molecule has 1 aliphatic heterocycles. The van der Waals surface area contributed by atoms with Crippen molar-refractivity contribution in [1.82, 2.24) is 9.78 Å². The molecule has 0 saturated carbocycles. The second kappa shape index (κ2) is 4.03. The molecule has 0 aromatic carbocycles. The number of rotatable bonds is 2. The standard InChI is InChI=1S/C11H15N3O/c1-8(2)6-14-11(5-12)9-7-15-4-3-10(9)13-14/h8H,3-4,6-7H2,1-2H3. The molecule has 0 unspecified atom stereocenters. The van der Waals surface area contributed by atoms with Crippen LogP contribution in [0, 0.1) is 17.2 Å². The molecule has 0 bridgehead atoms. The van der Waals surface area contributed by atoms with Gasteiger partial charge in [0.2, 0.25) is 0 Å². The molecule has 1 aliphatic rings. The summed E-state index contributed by atoms with van der Waals surface area (Å²) in [5.41, 5.74) is 2.71. The summed E-state index contributed by atoms with van der Waals surface area (Å²) in [5, 5.41) is 13.6. The van der Waals surface area contributed by atoms with Crippen LogP contribution in [0.5, 0.6) is 0 Å². The molecular formula is C11H15N3O.